The number of thioether (sulfide) groups is 1. The number of benzene rings is 3. The van der Waals surface area contributed by atoms with E-state index >= 15 is 0 Å². The van der Waals surface area contributed by atoms with Gasteiger partial charge in [-0.15, -0.1) is 0 Å². The third-order valence-corrected chi connectivity index (χ3v) is 14.0. The quantitative estimate of drug-likeness (QED) is 0.0252. The molecule has 5 heteroatoms. The molecule has 3 aromatic rings. The number of hydrogen-bond acceptors (Lipinski definition) is 4. The molecule has 2 nitrogen and oxygen atoms in total. The second-order valence-electron chi connectivity index (χ2n) is 17.0. The molecule has 0 spiro atoms. The van der Waals surface area contributed by atoms with Crippen LogP contribution < -0.4 is 0 Å². The van der Waals surface area contributed by atoms with Crippen LogP contribution in [0.5, 0.6) is 0 Å². The van der Waals surface area contributed by atoms with Crippen molar-refractivity contribution in [2.75, 3.05) is 6.54 Å². The van der Waals surface area contributed by atoms with Crippen LogP contribution in [0.1, 0.15) is 211 Å². The summed E-state index contributed by atoms with van der Waals surface area (Å²) >= 11 is 13.9. The van der Waals surface area contributed by atoms with Gasteiger partial charge in [0.15, 0.2) is 0 Å². The zero-order valence-electron chi connectivity index (χ0n) is 38.0. The molecule has 0 aliphatic rings. The van der Waals surface area contributed by atoms with Gasteiger partial charge in [0, 0.05) is 12.6 Å². The molecule has 0 aliphatic carbocycles. The minimum absolute atomic E-state index is 0.0913. The van der Waals surface area contributed by atoms with Gasteiger partial charge >= 0.3 is 0 Å². The molecule has 0 aromatic heterocycles. The first kappa shape index (κ1) is 51.3. The highest BCUT2D eigenvalue weighted by atomic mass is 32.2. The van der Waals surface area contributed by atoms with Gasteiger partial charge in [0.2, 0.25) is 0 Å². The number of unbranched alkanes of at least 4 members (excludes halogenated alkanes) is 19. The topological polar surface area (TPSA) is 12.5 Å². The van der Waals surface area contributed by atoms with Crippen LogP contribution in [-0.2, 0) is 10.3 Å². The molecule has 0 aliphatic heterocycles. The summed E-state index contributed by atoms with van der Waals surface area (Å²) in [5, 5.41) is 0. The average Bonchev–Trinajstić information content (AvgIpc) is 3.26. The van der Waals surface area contributed by atoms with Gasteiger partial charge in [-0.2, -0.15) is 0 Å². The fraction of sp³-hybridized carbons (Fsp3) is 0.630. The van der Waals surface area contributed by atoms with Crippen molar-refractivity contribution in [3.05, 3.63) is 108 Å². The highest BCUT2D eigenvalue weighted by Crippen LogP contribution is 2.43. The molecule has 328 valence electrons. The number of hydrogen-bond donors (Lipinski definition) is 0. The maximum atomic E-state index is 7.39. The van der Waals surface area contributed by atoms with E-state index in [9.17, 15) is 0 Å². The van der Waals surface area contributed by atoms with E-state index in [0.717, 1.165) is 58.1 Å². The molecule has 0 radical (unpaired) electrons. The summed E-state index contributed by atoms with van der Waals surface area (Å²) in [7, 11) is 0. The molecule has 0 N–H and O–H groups in total. The van der Waals surface area contributed by atoms with Crippen LogP contribution in [0.4, 0.5) is 0 Å². The second kappa shape index (κ2) is 32.6. The van der Waals surface area contributed by atoms with E-state index in [1.54, 1.807) is 11.8 Å². The Balaban J connectivity index is 1.60. The summed E-state index contributed by atoms with van der Waals surface area (Å²) in [5.41, 5.74) is 2.55. The van der Waals surface area contributed by atoms with E-state index in [2.05, 4.69) is 124 Å². The van der Waals surface area contributed by atoms with E-state index in [1.807, 2.05) is 0 Å². The Kier molecular flexibility index (Phi) is 28.4. The minimum Gasteiger partial charge on any atom is -0.363 e. The number of thiocarbonyl (C=S) groups is 2. The predicted molar refractivity (Wildman–Crippen MR) is 270 cm³/mol. The van der Waals surface area contributed by atoms with Crippen molar-refractivity contribution in [1.29, 1.82) is 0 Å². The maximum Gasteiger partial charge on any atom is 0.145 e. The van der Waals surface area contributed by atoms with E-state index < -0.39 is 5.60 Å². The van der Waals surface area contributed by atoms with Gasteiger partial charge in [0.25, 0.3) is 0 Å². The largest absolute Gasteiger partial charge is 0.363 e. The molecular formula is C54H83NOS3. The monoisotopic (exact) mass is 858 g/mol. The number of nitrogens with zero attached hydrogens (tertiary/aromatic N) is 1. The van der Waals surface area contributed by atoms with Gasteiger partial charge in [0.05, 0.1) is 9.19 Å². The molecule has 0 bridgehead atoms. The van der Waals surface area contributed by atoms with Gasteiger partial charge in [-0.25, -0.2) is 0 Å². The third kappa shape index (κ3) is 20.1. The lowest BCUT2D eigenvalue weighted by atomic mass is 9.80. The van der Waals surface area contributed by atoms with Crippen molar-refractivity contribution in [2.24, 2.45) is 0 Å². The molecule has 0 fully saturated rings. The average molecular weight is 858 g/mol. The predicted octanol–water partition coefficient (Wildman–Crippen LogP) is 17.6. The summed E-state index contributed by atoms with van der Waals surface area (Å²) in [6, 6.07) is 32.6. The van der Waals surface area contributed by atoms with Crippen LogP contribution in [0.15, 0.2) is 91.0 Å². The van der Waals surface area contributed by atoms with E-state index in [-0.39, 0.29) is 5.44 Å². The van der Waals surface area contributed by atoms with Gasteiger partial charge < -0.3 is 9.64 Å². The first-order chi connectivity index (χ1) is 29.0. The molecule has 2 unspecified atom stereocenters. The van der Waals surface area contributed by atoms with Crippen LogP contribution in [0.3, 0.4) is 0 Å². The van der Waals surface area contributed by atoms with E-state index in [4.69, 9.17) is 29.2 Å². The lowest BCUT2D eigenvalue weighted by molar-refractivity contribution is -0.00492. The van der Waals surface area contributed by atoms with Crippen molar-refractivity contribution >= 4 is 45.4 Å². The molecule has 3 rings (SSSR count). The molecule has 3 aromatic carbocycles. The fourth-order valence-corrected chi connectivity index (χ4v) is 10.3. The second-order valence-corrected chi connectivity index (χ2v) is 19.6. The Morgan fingerprint density at radius 3 is 1.29 bits per heavy atom. The summed E-state index contributed by atoms with van der Waals surface area (Å²) in [6.07, 6.45) is 34.1. The Morgan fingerprint density at radius 2 is 0.898 bits per heavy atom. The molecule has 0 saturated carbocycles. The molecule has 59 heavy (non-hydrogen) atoms. The smallest absolute Gasteiger partial charge is 0.145 e. The van der Waals surface area contributed by atoms with Crippen molar-refractivity contribution in [1.82, 2.24) is 4.90 Å². The van der Waals surface area contributed by atoms with Crippen LogP contribution >= 0.6 is 36.2 Å². The van der Waals surface area contributed by atoms with Crippen molar-refractivity contribution in [3.63, 3.8) is 0 Å². The zero-order chi connectivity index (χ0) is 42.2. The molecule has 0 saturated heterocycles. The number of rotatable bonds is 35. The lowest BCUT2D eigenvalue weighted by Gasteiger charge is -2.38. The van der Waals surface area contributed by atoms with Crippen molar-refractivity contribution in [3.8, 4) is 0 Å². The molecular weight excluding hydrogens is 775 g/mol. The highest BCUT2D eigenvalue weighted by Gasteiger charge is 2.40. The lowest BCUT2D eigenvalue weighted by Crippen LogP contribution is -2.39. The summed E-state index contributed by atoms with van der Waals surface area (Å²) in [5.74, 6) is 0. The van der Waals surface area contributed by atoms with Gasteiger partial charge in [-0.1, -0.05) is 276 Å². The highest BCUT2D eigenvalue weighted by molar-refractivity contribution is 8.23. The Hall–Kier alpha value is -2.05. The van der Waals surface area contributed by atoms with Crippen LogP contribution in [0.25, 0.3) is 0 Å². The van der Waals surface area contributed by atoms with Gasteiger partial charge in [-0.3, -0.25) is 0 Å². The van der Waals surface area contributed by atoms with Gasteiger partial charge in [0.1, 0.15) is 11.0 Å². The Labute approximate surface area is 378 Å². The molecule has 0 amide bonds. The summed E-state index contributed by atoms with van der Waals surface area (Å²) in [4.78, 5) is 3.68. The Bertz CT molecular complexity index is 1370. The van der Waals surface area contributed by atoms with Gasteiger partial charge in [-0.05, 0) is 62.1 Å². The normalized spacial score (nSPS) is 12.7. The van der Waals surface area contributed by atoms with Crippen LogP contribution in [0, 0.1) is 0 Å². The van der Waals surface area contributed by atoms with E-state index in [1.165, 1.54) is 141 Å². The minimum atomic E-state index is -0.751. The molecule has 2 atom stereocenters. The first-order valence-electron chi connectivity index (χ1n) is 24.3. The standard InChI is InChI=1S/C54H83NOS3/c1-5-8-10-12-14-16-17-18-20-22-24-35-46-55(47(4)57)51(43-34-23-21-19-15-13-11-9-6-2)44-36-45-53(58)59-52(7-3)56-54(48-37-28-25-29-38-48,49-39-30-26-31-40-49)50-41-32-27-33-42-50/h25-33,37-42,51-52H,5-24,34-36,43-46H2,1-4H3. The molecule has 0 heterocycles. The summed E-state index contributed by atoms with van der Waals surface area (Å²) < 4.78 is 8.43. The van der Waals surface area contributed by atoms with Crippen molar-refractivity contribution in [2.45, 2.75) is 212 Å². The first-order valence-corrected chi connectivity index (χ1v) is 26.0. The SMILES string of the molecule is CCCCCCCCCCCCCCN(C(C)=S)C(CCCCCCCCCCC)CCCC(=S)SC(CC)OC(c1ccccc1)(c1ccccc1)c1ccccc1. The maximum absolute atomic E-state index is 7.39. The van der Waals surface area contributed by atoms with Crippen LogP contribution in [-0.4, -0.2) is 32.1 Å². The fourth-order valence-electron chi connectivity index (χ4n) is 8.67. The van der Waals surface area contributed by atoms with Crippen LogP contribution in [0.2, 0.25) is 0 Å². The summed E-state index contributed by atoms with van der Waals surface area (Å²) in [6.45, 7) is 10.1. The Morgan fingerprint density at radius 1 is 0.525 bits per heavy atom. The zero-order valence-corrected chi connectivity index (χ0v) is 40.4. The number of ether oxygens (including phenoxy) is 1. The van der Waals surface area contributed by atoms with E-state index in [0.29, 0.717) is 6.04 Å². The third-order valence-electron chi connectivity index (χ3n) is 12.1. The van der Waals surface area contributed by atoms with Crippen molar-refractivity contribution < 1.29 is 4.74 Å².